The molecule has 0 unspecified atom stereocenters. The van der Waals surface area contributed by atoms with Crippen molar-refractivity contribution in [3.05, 3.63) is 15.6 Å². The monoisotopic (exact) mass is 320 g/mol. The second kappa shape index (κ2) is 8.15. The summed E-state index contributed by atoms with van der Waals surface area (Å²) < 4.78 is 29.0. The summed E-state index contributed by atoms with van der Waals surface area (Å²) in [5.41, 5.74) is 1.07. The molecule has 6 heteroatoms. The molecule has 1 aromatic rings. The number of nitrogens with zero attached hydrogens (tertiary/aromatic N) is 1. The van der Waals surface area contributed by atoms with Gasteiger partial charge in [0.15, 0.2) is 0 Å². The average Bonchev–Trinajstić information content (AvgIpc) is 2.75. The molecule has 1 aromatic heterocycles. The number of nitrogens with one attached hydrogen (secondary N) is 1. The van der Waals surface area contributed by atoms with Gasteiger partial charge in [-0.25, -0.2) is 13.8 Å². The van der Waals surface area contributed by atoms with Crippen LogP contribution in [0.15, 0.2) is 0 Å². The third-order valence-electron chi connectivity index (χ3n) is 2.83. The maximum Gasteiger partial charge on any atom is 0.261 e. The van der Waals surface area contributed by atoms with Crippen LogP contribution in [-0.4, -0.2) is 30.7 Å². The van der Waals surface area contributed by atoms with Gasteiger partial charge in [-0.2, -0.15) is 0 Å². The topological polar surface area (TPSA) is 34.1 Å². The van der Waals surface area contributed by atoms with Crippen molar-refractivity contribution >= 4 is 11.3 Å². The van der Waals surface area contributed by atoms with E-state index in [1.54, 1.807) is 11.3 Å². The highest BCUT2D eigenvalue weighted by Gasteiger charge is 2.23. The molecule has 0 radical (unpaired) electrons. The number of hydrogen-bond acceptors (Lipinski definition) is 4. The Bertz CT molecular complexity index is 428. The Hall–Kier alpha value is -0.590. The van der Waals surface area contributed by atoms with Crippen molar-refractivity contribution < 1.29 is 13.5 Å². The average molecular weight is 320 g/mol. The second-order valence-corrected chi connectivity index (χ2v) is 7.55. The molecule has 122 valence electrons. The van der Waals surface area contributed by atoms with Crippen LogP contribution in [0.2, 0.25) is 0 Å². The molecule has 0 atom stereocenters. The van der Waals surface area contributed by atoms with E-state index in [1.807, 2.05) is 0 Å². The molecule has 0 bridgehead atoms. The Morgan fingerprint density at radius 1 is 1.29 bits per heavy atom. The third kappa shape index (κ3) is 6.80. The fourth-order valence-electron chi connectivity index (χ4n) is 1.84. The van der Waals surface area contributed by atoms with E-state index in [4.69, 9.17) is 4.74 Å². The van der Waals surface area contributed by atoms with Crippen molar-refractivity contribution in [2.75, 3.05) is 13.2 Å². The van der Waals surface area contributed by atoms with E-state index >= 15 is 0 Å². The van der Waals surface area contributed by atoms with Crippen LogP contribution >= 0.6 is 11.3 Å². The first-order valence-electron chi connectivity index (χ1n) is 7.28. The Morgan fingerprint density at radius 2 is 1.95 bits per heavy atom. The van der Waals surface area contributed by atoms with Crippen molar-refractivity contribution in [3.63, 3.8) is 0 Å². The largest absolute Gasteiger partial charge is 0.375 e. The first-order valence-corrected chi connectivity index (χ1v) is 8.10. The lowest BCUT2D eigenvalue weighted by molar-refractivity contribution is 0.0187. The van der Waals surface area contributed by atoms with Gasteiger partial charge in [-0.3, -0.25) is 0 Å². The van der Waals surface area contributed by atoms with Crippen LogP contribution in [0, 0.1) is 0 Å². The van der Waals surface area contributed by atoms with Gasteiger partial charge in [-0.15, -0.1) is 11.3 Å². The van der Waals surface area contributed by atoms with Gasteiger partial charge in [0.1, 0.15) is 6.61 Å². The van der Waals surface area contributed by atoms with E-state index in [2.05, 4.69) is 44.9 Å². The van der Waals surface area contributed by atoms with Crippen LogP contribution in [0.5, 0.6) is 0 Å². The van der Waals surface area contributed by atoms with E-state index in [1.165, 1.54) is 4.88 Å². The molecule has 0 saturated carbocycles. The summed E-state index contributed by atoms with van der Waals surface area (Å²) in [6, 6.07) is 0.415. The highest BCUT2D eigenvalue weighted by Crippen LogP contribution is 2.30. The fourth-order valence-corrected chi connectivity index (χ4v) is 3.05. The summed E-state index contributed by atoms with van der Waals surface area (Å²) >= 11 is 1.65. The van der Waals surface area contributed by atoms with Crippen LogP contribution in [0.25, 0.3) is 0 Å². The summed E-state index contributed by atoms with van der Waals surface area (Å²) in [6.45, 7) is 11.2. The summed E-state index contributed by atoms with van der Waals surface area (Å²) in [5.74, 6) is 0. The quantitative estimate of drug-likeness (QED) is 0.741. The minimum atomic E-state index is -2.41. The molecule has 0 aliphatic rings. The Balaban J connectivity index is 2.68. The molecule has 0 aliphatic carbocycles. The summed E-state index contributed by atoms with van der Waals surface area (Å²) in [4.78, 5) is 5.91. The van der Waals surface area contributed by atoms with Gasteiger partial charge in [0.05, 0.1) is 17.3 Å². The lowest BCUT2D eigenvalue weighted by atomic mass is 9.91. The van der Waals surface area contributed by atoms with E-state index in [-0.39, 0.29) is 5.41 Å². The zero-order valence-corrected chi connectivity index (χ0v) is 14.3. The fraction of sp³-hybridized carbons (Fsp3) is 0.800. The molecule has 0 fully saturated rings. The molecule has 0 amide bonds. The standard InChI is InChI=1S/C15H26F2N2OS/c1-10(2)18-8-11-14(15(3,4)5)19-13(21-11)6-7-20-9-12(16)17/h10,12,18H,6-9H2,1-5H3. The van der Waals surface area contributed by atoms with Crippen molar-refractivity contribution in [2.45, 2.75) is 65.5 Å². The molecular weight excluding hydrogens is 294 g/mol. The third-order valence-corrected chi connectivity index (χ3v) is 3.94. The number of alkyl halides is 2. The Kier molecular flexibility index (Phi) is 7.16. The molecule has 1 rings (SSSR count). The highest BCUT2D eigenvalue weighted by atomic mass is 32.1. The maximum atomic E-state index is 12.0. The van der Waals surface area contributed by atoms with Crippen molar-refractivity contribution in [1.29, 1.82) is 0 Å². The van der Waals surface area contributed by atoms with Gasteiger partial charge < -0.3 is 10.1 Å². The predicted molar refractivity (Wildman–Crippen MR) is 83.3 cm³/mol. The molecular formula is C15H26F2N2OS. The smallest absolute Gasteiger partial charge is 0.261 e. The molecule has 0 aromatic carbocycles. The molecule has 0 aliphatic heterocycles. The minimum Gasteiger partial charge on any atom is -0.375 e. The van der Waals surface area contributed by atoms with Crippen molar-refractivity contribution in [3.8, 4) is 0 Å². The Labute approximate surface area is 130 Å². The number of thiazole rings is 1. The van der Waals surface area contributed by atoms with Gasteiger partial charge >= 0.3 is 0 Å². The van der Waals surface area contributed by atoms with Crippen LogP contribution in [0.3, 0.4) is 0 Å². The molecule has 1 heterocycles. The Morgan fingerprint density at radius 3 is 2.48 bits per heavy atom. The van der Waals surface area contributed by atoms with Gasteiger partial charge in [-0.05, 0) is 0 Å². The summed E-state index contributed by atoms with van der Waals surface area (Å²) in [5, 5.41) is 4.36. The number of rotatable bonds is 8. The maximum absolute atomic E-state index is 12.0. The molecule has 3 nitrogen and oxygen atoms in total. The van der Waals surface area contributed by atoms with Crippen LogP contribution < -0.4 is 5.32 Å². The molecule has 21 heavy (non-hydrogen) atoms. The van der Waals surface area contributed by atoms with E-state index in [9.17, 15) is 8.78 Å². The predicted octanol–water partition coefficient (Wildman–Crippen LogP) is 3.76. The molecule has 1 N–H and O–H groups in total. The van der Waals surface area contributed by atoms with E-state index in [0.717, 1.165) is 17.2 Å². The normalized spacial score (nSPS) is 12.6. The van der Waals surface area contributed by atoms with Gasteiger partial charge in [0, 0.05) is 29.3 Å². The first kappa shape index (κ1) is 18.5. The van der Waals surface area contributed by atoms with Crippen LogP contribution in [-0.2, 0) is 23.1 Å². The minimum absolute atomic E-state index is 0.0213. The first-order chi connectivity index (χ1) is 9.70. The lowest BCUT2D eigenvalue weighted by Crippen LogP contribution is -2.23. The zero-order valence-electron chi connectivity index (χ0n) is 13.5. The van der Waals surface area contributed by atoms with Gasteiger partial charge in [0.2, 0.25) is 0 Å². The zero-order chi connectivity index (χ0) is 16.0. The van der Waals surface area contributed by atoms with Crippen LogP contribution in [0.4, 0.5) is 8.78 Å². The number of aromatic nitrogens is 1. The number of ether oxygens (including phenoxy) is 1. The van der Waals surface area contributed by atoms with Crippen molar-refractivity contribution in [1.82, 2.24) is 10.3 Å². The number of hydrogen-bond donors (Lipinski definition) is 1. The van der Waals surface area contributed by atoms with E-state index in [0.29, 0.717) is 19.1 Å². The molecule has 0 saturated heterocycles. The van der Waals surface area contributed by atoms with Gasteiger partial charge in [0.25, 0.3) is 6.43 Å². The summed E-state index contributed by atoms with van der Waals surface area (Å²) in [6.07, 6.45) is -1.82. The SMILES string of the molecule is CC(C)NCc1sc(CCOCC(F)F)nc1C(C)(C)C. The van der Waals surface area contributed by atoms with E-state index < -0.39 is 13.0 Å². The second-order valence-electron chi connectivity index (χ2n) is 6.38. The summed E-state index contributed by atoms with van der Waals surface area (Å²) in [7, 11) is 0. The molecule has 0 spiro atoms. The number of halogens is 2. The lowest BCUT2D eigenvalue weighted by Gasteiger charge is -2.18. The highest BCUT2D eigenvalue weighted by molar-refractivity contribution is 7.11. The van der Waals surface area contributed by atoms with Crippen LogP contribution in [0.1, 0.15) is 50.2 Å². The van der Waals surface area contributed by atoms with Crippen molar-refractivity contribution in [2.24, 2.45) is 0 Å². The van der Waals surface area contributed by atoms with Gasteiger partial charge in [-0.1, -0.05) is 34.6 Å².